The van der Waals surface area contributed by atoms with Crippen molar-refractivity contribution in [3.05, 3.63) is 27.6 Å². The summed E-state index contributed by atoms with van der Waals surface area (Å²) in [6.45, 7) is 5.81. The van der Waals surface area contributed by atoms with Gasteiger partial charge < -0.3 is 14.9 Å². The predicted molar refractivity (Wildman–Crippen MR) is 65.3 cm³/mol. The highest BCUT2D eigenvalue weighted by Crippen LogP contribution is 2.24. The second-order valence-corrected chi connectivity index (χ2v) is 3.83. The van der Waals surface area contributed by atoms with Crippen LogP contribution in [0.1, 0.15) is 18.1 Å². The second kappa shape index (κ2) is 4.08. The fourth-order valence-electron chi connectivity index (χ4n) is 1.75. The lowest BCUT2D eigenvalue weighted by Gasteiger charge is -2.08. The van der Waals surface area contributed by atoms with Gasteiger partial charge in [-0.25, -0.2) is 4.79 Å². The van der Waals surface area contributed by atoms with E-state index in [-0.39, 0.29) is 6.08 Å². The number of ether oxygens (including phenoxy) is 1. The van der Waals surface area contributed by atoms with Gasteiger partial charge in [-0.05, 0) is 38.0 Å². The summed E-state index contributed by atoms with van der Waals surface area (Å²) in [5.74, 6) is 0. The van der Waals surface area contributed by atoms with Crippen molar-refractivity contribution in [2.75, 3.05) is 12.3 Å². The summed E-state index contributed by atoms with van der Waals surface area (Å²) < 4.78 is 10.1. The molecule has 0 amide bonds. The molecule has 17 heavy (non-hydrogen) atoms. The fraction of sp³-hybridized carbons (Fsp3) is 0.333. The Labute approximate surface area is 98.2 Å². The third-order valence-corrected chi connectivity index (χ3v) is 2.65. The highest BCUT2D eigenvalue weighted by atomic mass is 16.6. The van der Waals surface area contributed by atoms with Crippen LogP contribution in [0.5, 0.6) is 6.08 Å². The van der Waals surface area contributed by atoms with Crippen molar-refractivity contribution >= 4 is 16.6 Å². The van der Waals surface area contributed by atoms with Crippen molar-refractivity contribution in [3.8, 4) is 6.08 Å². The molecule has 0 aliphatic rings. The van der Waals surface area contributed by atoms with Gasteiger partial charge in [0, 0.05) is 5.69 Å². The van der Waals surface area contributed by atoms with E-state index in [2.05, 4.69) is 4.98 Å². The van der Waals surface area contributed by atoms with Gasteiger partial charge in [0.2, 0.25) is 0 Å². The Hall–Kier alpha value is -2.04. The van der Waals surface area contributed by atoms with Crippen LogP contribution in [0.25, 0.3) is 10.9 Å². The number of nitrogen functional groups attached to an aromatic ring is 1. The molecule has 0 spiro atoms. The Balaban J connectivity index is 2.86. The standard InChI is InChI=1S/C12H14N2O3/c1-4-16-12-14-10-7(3)8(13)5-6(2)9(10)11(15)17-12/h5H,4,13H2,1-3H3. The number of aromatic nitrogens is 1. The summed E-state index contributed by atoms with van der Waals surface area (Å²) in [7, 11) is 0. The number of hydrogen-bond acceptors (Lipinski definition) is 5. The summed E-state index contributed by atoms with van der Waals surface area (Å²) in [5.41, 5.74) is 8.07. The van der Waals surface area contributed by atoms with Crippen molar-refractivity contribution in [1.82, 2.24) is 4.98 Å². The number of aryl methyl sites for hydroxylation is 2. The third-order valence-electron chi connectivity index (χ3n) is 2.65. The van der Waals surface area contributed by atoms with Gasteiger partial charge in [0.25, 0.3) is 0 Å². The Morgan fingerprint density at radius 1 is 1.47 bits per heavy atom. The Morgan fingerprint density at radius 2 is 2.18 bits per heavy atom. The van der Waals surface area contributed by atoms with Crippen LogP contribution in [-0.4, -0.2) is 11.6 Å². The molecule has 90 valence electrons. The van der Waals surface area contributed by atoms with Gasteiger partial charge >= 0.3 is 11.7 Å². The van der Waals surface area contributed by atoms with E-state index in [9.17, 15) is 4.79 Å². The first-order valence-corrected chi connectivity index (χ1v) is 5.38. The first-order chi connectivity index (χ1) is 8.04. The molecule has 0 fully saturated rings. The molecule has 0 saturated carbocycles. The van der Waals surface area contributed by atoms with E-state index in [1.54, 1.807) is 19.9 Å². The average molecular weight is 234 g/mol. The molecule has 0 aliphatic heterocycles. The van der Waals surface area contributed by atoms with Crippen LogP contribution in [0.15, 0.2) is 15.3 Å². The van der Waals surface area contributed by atoms with E-state index in [0.717, 1.165) is 11.1 Å². The van der Waals surface area contributed by atoms with Crippen LogP contribution >= 0.6 is 0 Å². The molecule has 0 unspecified atom stereocenters. The van der Waals surface area contributed by atoms with E-state index in [0.29, 0.717) is 23.2 Å². The highest BCUT2D eigenvalue weighted by Gasteiger charge is 2.13. The van der Waals surface area contributed by atoms with Gasteiger partial charge in [-0.15, -0.1) is 0 Å². The van der Waals surface area contributed by atoms with Crippen molar-refractivity contribution in [2.24, 2.45) is 0 Å². The molecule has 2 aromatic rings. The van der Waals surface area contributed by atoms with Crippen LogP contribution in [0, 0.1) is 13.8 Å². The molecule has 5 heteroatoms. The third kappa shape index (κ3) is 1.84. The molecule has 2 N–H and O–H groups in total. The van der Waals surface area contributed by atoms with E-state index in [1.807, 2.05) is 6.92 Å². The fourth-order valence-corrected chi connectivity index (χ4v) is 1.75. The SMILES string of the molecule is CCOc1nc2c(C)c(N)cc(C)c2c(=O)o1. The Kier molecular flexibility index (Phi) is 2.75. The number of anilines is 1. The molecule has 5 nitrogen and oxygen atoms in total. The van der Waals surface area contributed by atoms with Gasteiger partial charge in [-0.2, -0.15) is 4.98 Å². The number of benzene rings is 1. The first kappa shape index (κ1) is 11.4. The largest absolute Gasteiger partial charge is 0.450 e. The Bertz CT molecular complexity index is 632. The van der Waals surface area contributed by atoms with Crippen molar-refractivity contribution in [2.45, 2.75) is 20.8 Å². The van der Waals surface area contributed by atoms with Gasteiger partial charge in [-0.3, -0.25) is 0 Å². The predicted octanol–water partition coefficient (Wildman–Crippen LogP) is 1.79. The van der Waals surface area contributed by atoms with Crippen LogP contribution in [0.3, 0.4) is 0 Å². The quantitative estimate of drug-likeness (QED) is 0.801. The molecule has 1 aromatic carbocycles. The summed E-state index contributed by atoms with van der Waals surface area (Å²) in [6, 6.07) is 1.75. The zero-order valence-corrected chi connectivity index (χ0v) is 10.0. The molecule has 0 bridgehead atoms. The van der Waals surface area contributed by atoms with Crippen molar-refractivity contribution in [1.29, 1.82) is 0 Å². The second-order valence-electron chi connectivity index (χ2n) is 3.83. The maximum absolute atomic E-state index is 11.8. The summed E-state index contributed by atoms with van der Waals surface area (Å²) in [6.07, 6.45) is -0.0156. The minimum absolute atomic E-state index is 0.0156. The van der Waals surface area contributed by atoms with E-state index in [1.165, 1.54) is 0 Å². The lowest BCUT2D eigenvalue weighted by Crippen LogP contribution is -2.08. The number of fused-ring (bicyclic) bond motifs is 1. The lowest BCUT2D eigenvalue weighted by molar-refractivity contribution is 0.229. The summed E-state index contributed by atoms with van der Waals surface area (Å²) in [4.78, 5) is 16.0. The zero-order valence-electron chi connectivity index (χ0n) is 10.0. The highest BCUT2D eigenvalue weighted by molar-refractivity contribution is 5.88. The number of nitrogens with zero attached hydrogens (tertiary/aromatic N) is 1. The monoisotopic (exact) mass is 234 g/mol. The molecule has 1 aromatic heterocycles. The minimum Gasteiger partial charge on any atom is -0.450 e. The molecule has 0 aliphatic carbocycles. The van der Waals surface area contributed by atoms with Gasteiger partial charge in [-0.1, -0.05) is 0 Å². The number of rotatable bonds is 2. The molecule has 0 saturated heterocycles. The smallest absolute Gasteiger partial charge is 0.397 e. The average Bonchev–Trinajstić information content (AvgIpc) is 2.25. The van der Waals surface area contributed by atoms with Crippen molar-refractivity contribution in [3.63, 3.8) is 0 Å². The summed E-state index contributed by atoms with van der Waals surface area (Å²) >= 11 is 0. The van der Waals surface area contributed by atoms with Crippen molar-refractivity contribution < 1.29 is 9.15 Å². The van der Waals surface area contributed by atoms with Crippen LogP contribution in [0.2, 0.25) is 0 Å². The minimum atomic E-state index is -0.445. The number of hydrogen-bond donors (Lipinski definition) is 1. The topological polar surface area (TPSA) is 78.4 Å². The molecule has 2 rings (SSSR count). The summed E-state index contributed by atoms with van der Waals surface area (Å²) in [5, 5.41) is 0.458. The van der Waals surface area contributed by atoms with Gasteiger partial charge in [0.15, 0.2) is 0 Å². The lowest BCUT2D eigenvalue weighted by atomic mass is 10.1. The number of nitrogens with two attached hydrogens (primary N) is 1. The molecular weight excluding hydrogens is 220 g/mol. The maximum Gasteiger partial charge on any atom is 0.397 e. The zero-order chi connectivity index (χ0) is 12.6. The van der Waals surface area contributed by atoms with Crippen LogP contribution in [0.4, 0.5) is 5.69 Å². The molecule has 0 radical (unpaired) electrons. The van der Waals surface area contributed by atoms with Gasteiger partial charge in [0.05, 0.1) is 17.5 Å². The molecule has 1 heterocycles. The van der Waals surface area contributed by atoms with Gasteiger partial charge in [0.1, 0.15) is 0 Å². The first-order valence-electron chi connectivity index (χ1n) is 5.38. The normalized spacial score (nSPS) is 10.8. The molecular formula is C12H14N2O3. The van der Waals surface area contributed by atoms with E-state index < -0.39 is 5.63 Å². The van der Waals surface area contributed by atoms with Crippen LogP contribution in [-0.2, 0) is 0 Å². The Morgan fingerprint density at radius 3 is 2.82 bits per heavy atom. The molecule has 0 atom stereocenters. The van der Waals surface area contributed by atoms with E-state index >= 15 is 0 Å². The maximum atomic E-state index is 11.8. The van der Waals surface area contributed by atoms with E-state index in [4.69, 9.17) is 14.9 Å². The van der Waals surface area contributed by atoms with Crippen LogP contribution < -0.4 is 16.1 Å².